The van der Waals surface area contributed by atoms with Crippen LogP contribution in [0.5, 0.6) is 0 Å². The molecule has 134 valence electrons. The van der Waals surface area contributed by atoms with E-state index in [4.69, 9.17) is 5.73 Å². The second-order valence-electron chi connectivity index (χ2n) is 6.11. The van der Waals surface area contributed by atoms with Crippen molar-refractivity contribution in [2.24, 2.45) is 5.73 Å². The molecule has 2 aromatic carbocycles. The lowest BCUT2D eigenvalue weighted by Crippen LogP contribution is -2.15. The number of hydrogen-bond donors (Lipinski definition) is 2. The van der Waals surface area contributed by atoms with E-state index in [0.717, 1.165) is 12.0 Å². The monoisotopic (exact) mass is 359 g/mol. The first-order valence-corrected chi connectivity index (χ1v) is 8.55. The van der Waals surface area contributed by atoms with Gasteiger partial charge in [0, 0.05) is 5.56 Å². The SMILES string of the molecule is CCc1ccc(-c2nc(C(N)=O)c3[nH]c(=O)n(-c4ccccc4)c3n2)cc1. The number of hydrogen-bond acceptors (Lipinski definition) is 4. The molecule has 27 heavy (non-hydrogen) atoms. The van der Waals surface area contributed by atoms with E-state index in [-0.39, 0.29) is 11.2 Å². The van der Waals surface area contributed by atoms with Crippen LogP contribution >= 0.6 is 0 Å². The summed E-state index contributed by atoms with van der Waals surface area (Å²) in [6.45, 7) is 2.07. The molecule has 2 heterocycles. The molecule has 7 heteroatoms. The van der Waals surface area contributed by atoms with E-state index in [9.17, 15) is 9.59 Å². The molecule has 4 rings (SSSR count). The van der Waals surface area contributed by atoms with Crippen LogP contribution in [0.1, 0.15) is 23.0 Å². The maximum Gasteiger partial charge on any atom is 0.332 e. The Kier molecular flexibility index (Phi) is 4.04. The zero-order valence-electron chi connectivity index (χ0n) is 14.6. The van der Waals surface area contributed by atoms with Gasteiger partial charge in [-0.3, -0.25) is 4.79 Å². The average Bonchev–Trinajstić information content (AvgIpc) is 3.03. The summed E-state index contributed by atoms with van der Waals surface area (Å²) in [5.41, 5.74) is 8.18. The number of benzene rings is 2. The van der Waals surface area contributed by atoms with Crippen molar-refractivity contribution in [3.8, 4) is 17.1 Å². The summed E-state index contributed by atoms with van der Waals surface area (Å²) in [5.74, 6) is -0.391. The molecule has 7 nitrogen and oxygen atoms in total. The number of aromatic amines is 1. The molecule has 1 amide bonds. The smallest absolute Gasteiger partial charge is 0.332 e. The third-order valence-electron chi connectivity index (χ3n) is 4.40. The number of aryl methyl sites for hydroxylation is 1. The fourth-order valence-electron chi connectivity index (χ4n) is 3.00. The topological polar surface area (TPSA) is 107 Å². The number of carbonyl (C=O) groups is 1. The minimum atomic E-state index is -0.727. The zero-order valence-corrected chi connectivity index (χ0v) is 14.6. The number of nitrogens with two attached hydrogens (primary N) is 1. The van der Waals surface area contributed by atoms with Crippen LogP contribution in [0.3, 0.4) is 0 Å². The highest BCUT2D eigenvalue weighted by molar-refractivity contribution is 6.02. The Morgan fingerprint density at radius 2 is 1.78 bits per heavy atom. The number of nitrogens with one attached hydrogen (secondary N) is 1. The fraction of sp³-hybridized carbons (Fsp3) is 0.100. The third kappa shape index (κ3) is 2.89. The first-order valence-electron chi connectivity index (χ1n) is 8.55. The number of amides is 1. The second-order valence-corrected chi connectivity index (χ2v) is 6.11. The number of H-pyrrole nitrogens is 1. The molecular formula is C20H17N5O2. The first-order chi connectivity index (χ1) is 13.1. The quantitative estimate of drug-likeness (QED) is 0.583. The Balaban J connectivity index is 2.01. The van der Waals surface area contributed by atoms with Crippen molar-refractivity contribution in [3.05, 3.63) is 76.3 Å². The van der Waals surface area contributed by atoms with Crippen LogP contribution in [0.4, 0.5) is 0 Å². The van der Waals surface area contributed by atoms with Gasteiger partial charge in [-0.05, 0) is 24.1 Å². The summed E-state index contributed by atoms with van der Waals surface area (Å²) in [5, 5.41) is 0. The van der Waals surface area contributed by atoms with Gasteiger partial charge in [-0.1, -0.05) is 49.4 Å². The number of carbonyl (C=O) groups excluding carboxylic acids is 1. The minimum Gasteiger partial charge on any atom is -0.364 e. The molecule has 0 spiro atoms. The molecule has 3 N–H and O–H groups in total. The molecule has 0 radical (unpaired) electrons. The number of para-hydroxylation sites is 1. The molecule has 0 aliphatic rings. The van der Waals surface area contributed by atoms with Gasteiger partial charge >= 0.3 is 5.69 Å². The van der Waals surface area contributed by atoms with Gasteiger partial charge in [0.2, 0.25) is 0 Å². The molecule has 0 fully saturated rings. The largest absolute Gasteiger partial charge is 0.364 e. The van der Waals surface area contributed by atoms with E-state index in [2.05, 4.69) is 21.9 Å². The van der Waals surface area contributed by atoms with E-state index in [1.165, 1.54) is 10.1 Å². The van der Waals surface area contributed by atoms with Crippen molar-refractivity contribution < 1.29 is 4.79 Å². The number of imidazole rings is 1. The fourth-order valence-corrected chi connectivity index (χ4v) is 3.00. The number of nitrogens with zero attached hydrogens (tertiary/aromatic N) is 3. The van der Waals surface area contributed by atoms with Gasteiger partial charge in [-0.25, -0.2) is 19.3 Å². The standard InChI is InChI=1S/C20H17N5O2/c1-2-12-8-10-13(11-9-12)18-22-15(17(21)26)16-19(24-18)25(20(27)23-16)14-6-4-3-5-7-14/h3-11H,2H2,1H3,(H2,21,26)(H,23,27). The first kappa shape index (κ1) is 16.7. The predicted octanol–water partition coefficient (Wildman–Crippen LogP) is 2.44. The van der Waals surface area contributed by atoms with Gasteiger partial charge in [-0.15, -0.1) is 0 Å². The van der Waals surface area contributed by atoms with Crippen LogP contribution in [-0.2, 0) is 6.42 Å². The van der Waals surface area contributed by atoms with E-state index >= 15 is 0 Å². The van der Waals surface area contributed by atoms with E-state index in [1.807, 2.05) is 42.5 Å². The summed E-state index contributed by atoms with van der Waals surface area (Å²) < 4.78 is 1.41. The average molecular weight is 359 g/mol. The summed E-state index contributed by atoms with van der Waals surface area (Å²) >= 11 is 0. The number of rotatable bonds is 4. The van der Waals surface area contributed by atoms with Crippen molar-refractivity contribution in [2.45, 2.75) is 13.3 Å². The second kappa shape index (κ2) is 6.53. The summed E-state index contributed by atoms with van der Waals surface area (Å²) in [7, 11) is 0. The molecule has 0 saturated heterocycles. The van der Waals surface area contributed by atoms with Crippen molar-refractivity contribution in [1.29, 1.82) is 0 Å². The van der Waals surface area contributed by atoms with Crippen LogP contribution in [0, 0.1) is 0 Å². The van der Waals surface area contributed by atoms with Gasteiger partial charge in [0.1, 0.15) is 5.52 Å². The Hall–Kier alpha value is -3.74. The van der Waals surface area contributed by atoms with E-state index in [0.29, 0.717) is 17.2 Å². The van der Waals surface area contributed by atoms with Gasteiger partial charge in [-0.2, -0.15) is 0 Å². The number of primary amides is 1. The molecule has 0 atom stereocenters. The molecule has 0 unspecified atom stereocenters. The van der Waals surface area contributed by atoms with Crippen LogP contribution in [-0.4, -0.2) is 25.4 Å². The summed E-state index contributed by atoms with van der Waals surface area (Å²) in [6, 6.07) is 16.8. The summed E-state index contributed by atoms with van der Waals surface area (Å²) in [6.07, 6.45) is 0.915. The maximum absolute atomic E-state index is 12.5. The molecule has 4 aromatic rings. The molecule has 2 aromatic heterocycles. The number of fused-ring (bicyclic) bond motifs is 1. The van der Waals surface area contributed by atoms with Gasteiger partial charge in [0.15, 0.2) is 17.2 Å². The highest BCUT2D eigenvalue weighted by Gasteiger charge is 2.20. The van der Waals surface area contributed by atoms with Crippen LogP contribution in [0.2, 0.25) is 0 Å². The van der Waals surface area contributed by atoms with Gasteiger partial charge in [0.05, 0.1) is 5.69 Å². The van der Waals surface area contributed by atoms with E-state index in [1.54, 1.807) is 12.1 Å². The maximum atomic E-state index is 12.5. The van der Waals surface area contributed by atoms with Crippen LogP contribution in [0.15, 0.2) is 59.4 Å². The van der Waals surface area contributed by atoms with Crippen molar-refractivity contribution >= 4 is 17.1 Å². The van der Waals surface area contributed by atoms with Crippen LogP contribution < -0.4 is 11.4 Å². The number of aromatic nitrogens is 4. The van der Waals surface area contributed by atoms with Crippen molar-refractivity contribution in [1.82, 2.24) is 19.5 Å². The van der Waals surface area contributed by atoms with Crippen molar-refractivity contribution in [3.63, 3.8) is 0 Å². The molecule has 0 bridgehead atoms. The lowest BCUT2D eigenvalue weighted by Gasteiger charge is -2.07. The molecule has 0 aliphatic carbocycles. The predicted molar refractivity (Wildman–Crippen MR) is 103 cm³/mol. The Bertz CT molecular complexity index is 1190. The molecule has 0 saturated carbocycles. The lowest BCUT2D eigenvalue weighted by molar-refractivity contribution is 0.0997. The highest BCUT2D eigenvalue weighted by Crippen LogP contribution is 2.22. The normalized spacial score (nSPS) is 11.0. The Morgan fingerprint density at radius 3 is 2.41 bits per heavy atom. The highest BCUT2D eigenvalue weighted by atomic mass is 16.2. The molecule has 0 aliphatic heterocycles. The zero-order chi connectivity index (χ0) is 19.0. The van der Waals surface area contributed by atoms with Gasteiger partial charge < -0.3 is 10.7 Å². The van der Waals surface area contributed by atoms with Crippen molar-refractivity contribution in [2.75, 3.05) is 0 Å². The Labute approximate surface area is 154 Å². The lowest BCUT2D eigenvalue weighted by atomic mass is 10.1. The Morgan fingerprint density at radius 1 is 1.07 bits per heavy atom. The van der Waals surface area contributed by atoms with Crippen LogP contribution in [0.25, 0.3) is 28.2 Å². The minimum absolute atomic E-state index is 0.0126. The molecular weight excluding hydrogens is 342 g/mol. The third-order valence-corrected chi connectivity index (χ3v) is 4.40. The van der Waals surface area contributed by atoms with Gasteiger partial charge in [0.25, 0.3) is 5.91 Å². The summed E-state index contributed by atoms with van der Waals surface area (Å²) in [4.78, 5) is 36.0. The van der Waals surface area contributed by atoms with E-state index < -0.39 is 11.6 Å².